The molecule has 0 saturated carbocycles. The highest BCUT2D eigenvalue weighted by atomic mass is 16.5. The number of esters is 1. The summed E-state index contributed by atoms with van der Waals surface area (Å²) in [6.07, 6.45) is 7.97. The molecule has 0 saturated heterocycles. The topological polar surface area (TPSA) is 63.6 Å². The second kappa shape index (κ2) is 9.62. The predicted octanol–water partition coefficient (Wildman–Crippen LogP) is 4.08. The molecule has 4 heteroatoms. The van der Waals surface area contributed by atoms with Gasteiger partial charge >= 0.3 is 11.9 Å². The van der Waals surface area contributed by atoms with Gasteiger partial charge in [0.25, 0.3) is 0 Å². The molecule has 0 heterocycles. The third-order valence-corrected chi connectivity index (χ3v) is 4.02. The van der Waals surface area contributed by atoms with Gasteiger partial charge in [-0.15, -0.1) is 26.3 Å². The standard InChI is InChI=1S/C19H26O4/c1-6-11-18(12-7-2,16(20)21)19(13-8-3,14-9-4)17(22)23-15-10-5/h6-10H,1-5,11-15H2,(H,20,21). The lowest BCUT2D eigenvalue weighted by molar-refractivity contribution is -0.177. The fourth-order valence-corrected chi connectivity index (χ4v) is 2.95. The summed E-state index contributed by atoms with van der Waals surface area (Å²) in [6, 6.07) is 0. The number of hydrogen-bond donors (Lipinski definition) is 1. The van der Waals surface area contributed by atoms with Gasteiger partial charge in [-0.2, -0.15) is 0 Å². The number of carbonyl (C=O) groups excluding carboxylic acids is 1. The highest BCUT2D eigenvalue weighted by Crippen LogP contribution is 2.52. The first-order valence-electron chi connectivity index (χ1n) is 7.37. The van der Waals surface area contributed by atoms with Crippen molar-refractivity contribution in [2.24, 2.45) is 10.8 Å². The Hall–Kier alpha value is -2.36. The zero-order valence-electron chi connectivity index (χ0n) is 13.6. The Kier molecular flexibility index (Phi) is 8.63. The summed E-state index contributed by atoms with van der Waals surface area (Å²) >= 11 is 0. The zero-order chi connectivity index (χ0) is 17.9. The van der Waals surface area contributed by atoms with Crippen LogP contribution in [0, 0.1) is 10.8 Å². The molecule has 0 atom stereocenters. The van der Waals surface area contributed by atoms with Gasteiger partial charge in [0.2, 0.25) is 0 Å². The highest BCUT2D eigenvalue weighted by Gasteiger charge is 2.59. The zero-order valence-corrected chi connectivity index (χ0v) is 13.6. The number of carbonyl (C=O) groups is 2. The number of hydrogen-bond acceptors (Lipinski definition) is 3. The monoisotopic (exact) mass is 318 g/mol. The van der Waals surface area contributed by atoms with Crippen LogP contribution in [0.25, 0.3) is 0 Å². The van der Waals surface area contributed by atoms with Crippen LogP contribution in [0.4, 0.5) is 0 Å². The van der Waals surface area contributed by atoms with E-state index in [2.05, 4.69) is 32.9 Å². The first-order chi connectivity index (χ1) is 10.9. The molecule has 0 amide bonds. The van der Waals surface area contributed by atoms with Gasteiger partial charge in [0.1, 0.15) is 6.61 Å². The van der Waals surface area contributed by atoms with E-state index in [1.165, 1.54) is 30.4 Å². The number of carboxylic acid groups (broad SMARTS) is 1. The average molecular weight is 318 g/mol. The summed E-state index contributed by atoms with van der Waals surface area (Å²) in [6.45, 7) is 18.2. The van der Waals surface area contributed by atoms with Gasteiger partial charge in [-0.1, -0.05) is 37.0 Å². The summed E-state index contributed by atoms with van der Waals surface area (Å²) in [4.78, 5) is 25.0. The fraction of sp³-hybridized carbons (Fsp3) is 0.368. The van der Waals surface area contributed by atoms with Crippen molar-refractivity contribution < 1.29 is 19.4 Å². The maximum absolute atomic E-state index is 12.8. The summed E-state index contributed by atoms with van der Waals surface area (Å²) in [5.74, 6) is -1.71. The van der Waals surface area contributed by atoms with Gasteiger partial charge in [-0.05, 0) is 25.7 Å². The largest absolute Gasteiger partial charge is 0.481 e. The van der Waals surface area contributed by atoms with E-state index in [-0.39, 0.29) is 32.3 Å². The Morgan fingerprint density at radius 3 is 1.48 bits per heavy atom. The summed E-state index contributed by atoms with van der Waals surface area (Å²) in [5.41, 5.74) is -2.77. The van der Waals surface area contributed by atoms with Crippen LogP contribution in [-0.4, -0.2) is 23.7 Å². The van der Waals surface area contributed by atoms with Crippen molar-refractivity contribution in [3.8, 4) is 0 Å². The number of rotatable bonds is 13. The van der Waals surface area contributed by atoms with Crippen LogP contribution >= 0.6 is 0 Å². The Morgan fingerprint density at radius 2 is 1.17 bits per heavy atom. The lowest BCUT2D eigenvalue weighted by atomic mass is 9.56. The second-order valence-electron chi connectivity index (χ2n) is 5.33. The van der Waals surface area contributed by atoms with Gasteiger partial charge in [0.15, 0.2) is 0 Å². The quantitative estimate of drug-likeness (QED) is 0.410. The molecule has 23 heavy (non-hydrogen) atoms. The molecular weight excluding hydrogens is 292 g/mol. The molecule has 0 rings (SSSR count). The number of aliphatic carboxylic acids is 1. The minimum absolute atomic E-state index is 0.00669. The van der Waals surface area contributed by atoms with Gasteiger partial charge in [-0.25, -0.2) is 0 Å². The Labute approximate surface area is 138 Å². The molecule has 0 aromatic carbocycles. The third-order valence-electron chi connectivity index (χ3n) is 4.02. The summed E-state index contributed by atoms with van der Waals surface area (Å²) in [5, 5.41) is 9.96. The molecule has 0 aliphatic carbocycles. The van der Waals surface area contributed by atoms with Gasteiger partial charge in [0.05, 0.1) is 10.8 Å². The molecule has 0 bridgehead atoms. The van der Waals surface area contributed by atoms with E-state index in [1.54, 1.807) is 0 Å². The first kappa shape index (κ1) is 20.6. The Balaban J connectivity index is 6.42. The van der Waals surface area contributed by atoms with E-state index in [1.807, 2.05) is 0 Å². The van der Waals surface area contributed by atoms with Crippen molar-refractivity contribution in [1.82, 2.24) is 0 Å². The van der Waals surface area contributed by atoms with E-state index in [0.717, 1.165) is 0 Å². The van der Waals surface area contributed by atoms with Gasteiger partial charge in [0, 0.05) is 0 Å². The molecule has 0 aliphatic rings. The minimum atomic E-state index is -1.43. The highest BCUT2D eigenvalue weighted by molar-refractivity contribution is 5.88. The van der Waals surface area contributed by atoms with E-state index in [0.29, 0.717) is 0 Å². The first-order valence-corrected chi connectivity index (χ1v) is 7.37. The number of ether oxygens (including phenoxy) is 1. The van der Waals surface area contributed by atoms with E-state index in [9.17, 15) is 14.7 Å². The van der Waals surface area contributed by atoms with Crippen LogP contribution in [-0.2, 0) is 14.3 Å². The van der Waals surface area contributed by atoms with Crippen molar-refractivity contribution in [2.45, 2.75) is 25.7 Å². The lowest BCUT2D eigenvalue weighted by Crippen LogP contribution is -2.52. The molecule has 0 radical (unpaired) electrons. The van der Waals surface area contributed by atoms with Crippen molar-refractivity contribution in [3.63, 3.8) is 0 Å². The molecule has 0 unspecified atom stereocenters. The van der Waals surface area contributed by atoms with Crippen LogP contribution in [0.15, 0.2) is 63.3 Å². The number of carboxylic acids is 1. The van der Waals surface area contributed by atoms with Crippen molar-refractivity contribution in [2.75, 3.05) is 6.61 Å². The van der Waals surface area contributed by atoms with Crippen LogP contribution in [0.5, 0.6) is 0 Å². The molecule has 1 N–H and O–H groups in total. The summed E-state index contributed by atoms with van der Waals surface area (Å²) < 4.78 is 5.23. The van der Waals surface area contributed by atoms with Crippen LogP contribution in [0.3, 0.4) is 0 Å². The normalized spacial score (nSPS) is 11.1. The van der Waals surface area contributed by atoms with Crippen LogP contribution in [0.2, 0.25) is 0 Å². The summed E-state index contributed by atoms with van der Waals surface area (Å²) in [7, 11) is 0. The van der Waals surface area contributed by atoms with Crippen LogP contribution in [0.1, 0.15) is 25.7 Å². The number of allylic oxidation sites excluding steroid dienone is 4. The van der Waals surface area contributed by atoms with Crippen molar-refractivity contribution in [1.29, 1.82) is 0 Å². The average Bonchev–Trinajstić information content (AvgIpc) is 2.51. The predicted molar refractivity (Wildman–Crippen MR) is 92.9 cm³/mol. The fourth-order valence-electron chi connectivity index (χ4n) is 2.95. The van der Waals surface area contributed by atoms with Gasteiger partial charge in [-0.3, -0.25) is 9.59 Å². The maximum Gasteiger partial charge on any atom is 0.314 e. The third kappa shape index (κ3) is 4.09. The lowest BCUT2D eigenvalue weighted by Gasteiger charge is -2.44. The SMILES string of the molecule is C=CCOC(=O)C(CC=C)(CC=C)C(CC=C)(CC=C)C(=O)O. The maximum atomic E-state index is 12.8. The molecule has 0 aromatic rings. The van der Waals surface area contributed by atoms with E-state index in [4.69, 9.17) is 4.74 Å². The smallest absolute Gasteiger partial charge is 0.314 e. The molecular formula is C19H26O4. The second-order valence-corrected chi connectivity index (χ2v) is 5.33. The van der Waals surface area contributed by atoms with Crippen LogP contribution < -0.4 is 0 Å². The van der Waals surface area contributed by atoms with E-state index < -0.39 is 22.8 Å². The van der Waals surface area contributed by atoms with Gasteiger partial charge < -0.3 is 9.84 Å². The molecule has 126 valence electrons. The molecule has 0 aromatic heterocycles. The Morgan fingerprint density at radius 1 is 0.783 bits per heavy atom. The minimum Gasteiger partial charge on any atom is -0.481 e. The molecule has 4 nitrogen and oxygen atoms in total. The molecule has 0 spiro atoms. The molecule has 0 fully saturated rings. The van der Waals surface area contributed by atoms with E-state index >= 15 is 0 Å². The van der Waals surface area contributed by atoms with Crippen molar-refractivity contribution in [3.05, 3.63) is 63.3 Å². The Bertz CT molecular complexity index is 468. The molecule has 0 aliphatic heterocycles. The van der Waals surface area contributed by atoms with Crippen molar-refractivity contribution >= 4 is 11.9 Å².